The van der Waals surface area contributed by atoms with Gasteiger partial charge in [-0.25, -0.2) is 0 Å². The molecule has 0 fully saturated rings. The number of benzene rings is 2. The van der Waals surface area contributed by atoms with Crippen molar-refractivity contribution in [2.24, 2.45) is 0 Å². The number of aromatic amines is 1. The van der Waals surface area contributed by atoms with Gasteiger partial charge in [-0.05, 0) is 30.4 Å². The Hall–Kier alpha value is -1.76. The predicted octanol–water partition coefficient (Wildman–Crippen LogP) is 7.96. The molecule has 2 aromatic carbocycles. The molecular formula is C24H33N. The smallest absolute Gasteiger partial charge is 0.0500 e. The van der Waals surface area contributed by atoms with E-state index < -0.39 is 0 Å². The lowest BCUT2D eigenvalue weighted by atomic mass is 9.87. The number of rotatable bonds is 10. The molecule has 1 atom stereocenters. The minimum Gasteiger partial charge on any atom is -0.354 e. The second kappa shape index (κ2) is 9.08. The van der Waals surface area contributed by atoms with Crippen molar-refractivity contribution in [2.75, 3.05) is 0 Å². The maximum absolute atomic E-state index is 3.72. The van der Waals surface area contributed by atoms with Crippen LogP contribution in [0.2, 0.25) is 0 Å². The third-order valence-electron chi connectivity index (χ3n) is 5.58. The molecule has 1 unspecified atom stereocenters. The lowest BCUT2D eigenvalue weighted by Crippen LogP contribution is -2.01. The molecule has 3 aromatic rings. The van der Waals surface area contributed by atoms with Crippen LogP contribution in [-0.4, -0.2) is 4.98 Å². The first-order valence-corrected chi connectivity index (χ1v) is 10.3. The average molecular weight is 336 g/mol. The molecule has 1 heteroatoms. The maximum Gasteiger partial charge on any atom is 0.0500 e. The highest BCUT2D eigenvalue weighted by Crippen LogP contribution is 2.35. The molecule has 0 aliphatic rings. The first-order chi connectivity index (χ1) is 12.3. The van der Waals surface area contributed by atoms with E-state index in [4.69, 9.17) is 0 Å². The Balaban J connectivity index is 1.90. The number of para-hydroxylation sites is 2. The van der Waals surface area contributed by atoms with E-state index >= 15 is 0 Å². The van der Waals surface area contributed by atoms with Crippen LogP contribution in [0.5, 0.6) is 0 Å². The van der Waals surface area contributed by atoms with Crippen molar-refractivity contribution in [1.29, 1.82) is 0 Å². The number of aromatic nitrogens is 1. The van der Waals surface area contributed by atoms with Gasteiger partial charge in [0.2, 0.25) is 0 Å². The first kappa shape index (κ1) is 18.0. The van der Waals surface area contributed by atoms with Crippen LogP contribution in [0, 0.1) is 0 Å². The molecule has 0 amide bonds. The third kappa shape index (κ3) is 4.26. The van der Waals surface area contributed by atoms with E-state index in [1.54, 1.807) is 5.56 Å². The molecule has 0 bridgehead atoms. The number of H-pyrrole nitrogens is 1. The zero-order chi connectivity index (χ0) is 17.5. The molecule has 134 valence electrons. The van der Waals surface area contributed by atoms with E-state index in [1.165, 1.54) is 79.6 Å². The Morgan fingerprint density at radius 2 is 1.40 bits per heavy atom. The van der Waals surface area contributed by atoms with Crippen molar-refractivity contribution in [3.05, 3.63) is 48.0 Å². The standard InChI is InChI=1S/C24H33N/c1-3-5-7-9-14-19(13-8-6-4-2)20-16-12-17-22-21-15-10-11-18-23(21)25-24(20)22/h10-12,15-19,25H,3-9,13-14H2,1-2H3. The van der Waals surface area contributed by atoms with Crippen LogP contribution >= 0.6 is 0 Å². The predicted molar refractivity (Wildman–Crippen MR) is 111 cm³/mol. The summed E-state index contributed by atoms with van der Waals surface area (Å²) in [5.74, 6) is 0.695. The topological polar surface area (TPSA) is 15.8 Å². The summed E-state index contributed by atoms with van der Waals surface area (Å²) in [5, 5.41) is 2.75. The number of hydrogen-bond acceptors (Lipinski definition) is 0. The van der Waals surface area contributed by atoms with E-state index in [2.05, 4.69) is 61.3 Å². The van der Waals surface area contributed by atoms with Crippen molar-refractivity contribution >= 4 is 21.8 Å². The van der Waals surface area contributed by atoms with Gasteiger partial charge in [-0.15, -0.1) is 0 Å². The Morgan fingerprint density at radius 3 is 2.20 bits per heavy atom. The van der Waals surface area contributed by atoms with Crippen molar-refractivity contribution < 1.29 is 0 Å². The summed E-state index contributed by atoms with van der Waals surface area (Å²) in [6, 6.07) is 15.6. The molecule has 3 rings (SSSR count). The first-order valence-electron chi connectivity index (χ1n) is 10.3. The van der Waals surface area contributed by atoms with Crippen LogP contribution in [0.1, 0.15) is 83.1 Å². The van der Waals surface area contributed by atoms with Gasteiger partial charge in [-0.1, -0.05) is 95.2 Å². The zero-order valence-electron chi connectivity index (χ0n) is 16.0. The average Bonchev–Trinajstić information content (AvgIpc) is 3.03. The van der Waals surface area contributed by atoms with Crippen molar-refractivity contribution in [2.45, 2.75) is 77.6 Å². The van der Waals surface area contributed by atoms with E-state index in [0.717, 1.165) is 0 Å². The Bertz CT molecular complexity index is 783. The number of unbranched alkanes of at least 4 members (excludes halogenated alkanes) is 5. The quantitative estimate of drug-likeness (QED) is 0.362. The van der Waals surface area contributed by atoms with Crippen LogP contribution in [0.4, 0.5) is 0 Å². The molecule has 25 heavy (non-hydrogen) atoms. The number of fused-ring (bicyclic) bond motifs is 3. The molecule has 0 radical (unpaired) electrons. The van der Waals surface area contributed by atoms with Gasteiger partial charge in [-0.3, -0.25) is 0 Å². The van der Waals surface area contributed by atoms with Gasteiger partial charge >= 0.3 is 0 Å². The summed E-state index contributed by atoms with van der Waals surface area (Å²) < 4.78 is 0. The largest absolute Gasteiger partial charge is 0.354 e. The minimum atomic E-state index is 0.695. The molecule has 1 heterocycles. The summed E-state index contributed by atoms with van der Waals surface area (Å²) in [4.78, 5) is 3.72. The number of hydrogen-bond donors (Lipinski definition) is 1. The van der Waals surface area contributed by atoms with Crippen LogP contribution < -0.4 is 0 Å². The second-order valence-corrected chi connectivity index (χ2v) is 7.48. The van der Waals surface area contributed by atoms with Gasteiger partial charge in [0, 0.05) is 21.8 Å². The van der Waals surface area contributed by atoms with E-state index in [-0.39, 0.29) is 0 Å². The summed E-state index contributed by atoms with van der Waals surface area (Å²) in [6.45, 7) is 4.60. The highest BCUT2D eigenvalue weighted by molar-refractivity contribution is 6.08. The van der Waals surface area contributed by atoms with Crippen LogP contribution in [0.25, 0.3) is 21.8 Å². The molecule has 1 aromatic heterocycles. The number of nitrogens with one attached hydrogen (secondary N) is 1. The Kier molecular flexibility index (Phi) is 6.55. The normalized spacial score (nSPS) is 12.9. The highest BCUT2D eigenvalue weighted by Gasteiger charge is 2.16. The Morgan fingerprint density at radius 1 is 0.720 bits per heavy atom. The van der Waals surface area contributed by atoms with E-state index in [0.29, 0.717) is 5.92 Å². The fraction of sp³-hybridized carbons (Fsp3) is 0.500. The highest BCUT2D eigenvalue weighted by atomic mass is 14.7. The van der Waals surface area contributed by atoms with E-state index in [9.17, 15) is 0 Å². The van der Waals surface area contributed by atoms with E-state index in [1.807, 2.05) is 0 Å². The van der Waals surface area contributed by atoms with Gasteiger partial charge in [0.05, 0.1) is 0 Å². The molecule has 0 aliphatic heterocycles. The van der Waals surface area contributed by atoms with Crippen molar-refractivity contribution in [3.8, 4) is 0 Å². The summed E-state index contributed by atoms with van der Waals surface area (Å²) in [7, 11) is 0. The van der Waals surface area contributed by atoms with Crippen LogP contribution in [0.15, 0.2) is 42.5 Å². The molecule has 0 spiro atoms. The summed E-state index contributed by atoms with van der Waals surface area (Å²) >= 11 is 0. The zero-order valence-corrected chi connectivity index (χ0v) is 16.0. The SMILES string of the molecule is CCCCCCC(CCCCC)c1cccc2c1[nH]c1ccccc12. The van der Waals surface area contributed by atoms with Crippen LogP contribution in [0.3, 0.4) is 0 Å². The van der Waals surface area contributed by atoms with Crippen molar-refractivity contribution in [3.63, 3.8) is 0 Å². The second-order valence-electron chi connectivity index (χ2n) is 7.48. The fourth-order valence-electron chi connectivity index (χ4n) is 4.15. The van der Waals surface area contributed by atoms with Crippen LogP contribution in [-0.2, 0) is 0 Å². The van der Waals surface area contributed by atoms with Gasteiger partial charge in [-0.2, -0.15) is 0 Å². The molecule has 0 aliphatic carbocycles. The minimum absolute atomic E-state index is 0.695. The summed E-state index contributed by atoms with van der Waals surface area (Å²) in [5.41, 5.74) is 4.19. The molecule has 1 N–H and O–H groups in total. The molecule has 0 saturated heterocycles. The van der Waals surface area contributed by atoms with Gasteiger partial charge in [0.25, 0.3) is 0 Å². The molecule has 1 nitrogen and oxygen atoms in total. The molecule has 0 saturated carbocycles. The maximum atomic E-state index is 3.72. The summed E-state index contributed by atoms with van der Waals surface area (Å²) in [6.07, 6.45) is 12.1. The van der Waals surface area contributed by atoms with Gasteiger partial charge in [0.15, 0.2) is 0 Å². The molecular weight excluding hydrogens is 302 g/mol. The van der Waals surface area contributed by atoms with Gasteiger partial charge in [0.1, 0.15) is 0 Å². The monoisotopic (exact) mass is 335 g/mol. The van der Waals surface area contributed by atoms with Crippen molar-refractivity contribution in [1.82, 2.24) is 4.98 Å². The van der Waals surface area contributed by atoms with Gasteiger partial charge < -0.3 is 4.98 Å². The Labute approximate surface area is 152 Å². The lowest BCUT2D eigenvalue weighted by Gasteiger charge is -2.18. The fourth-order valence-corrected chi connectivity index (χ4v) is 4.15. The third-order valence-corrected chi connectivity index (χ3v) is 5.58. The lowest BCUT2D eigenvalue weighted by molar-refractivity contribution is 0.503.